The van der Waals surface area contributed by atoms with Crippen molar-refractivity contribution in [2.75, 3.05) is 10.5 Å². The van der Waals surface area contributed by atoms with Crippen LogP contribution in [0.5, 0.6) is 0 Å². The maximum absolute atomic E-state index is 13.6. The largest absolute Gasteiger partial charge is 0.397 e. The molecule has 112 valence electrons. The number of aryl methyl sites for hydroxylation is 1. The third-order valence-corrected chi connectivity index (χ3v) is 4.30. The normalized spacial score (nSPS) is 11.4. The van der Waals surface area contributed by atoms with Gasteiger partial charge in [0.1, 0.15) is 11.5 Å². The highest BCUT2D eigenvalue weighted by molar-refractivity contribution is 7.92. The first-order valence-electron chi connectivity index (χ1n) is 5.75. The van der Waals surface area contributed by atoms with E-state index in [1.165, 1.54) is 6.92 Å². The molecule has 0 saturated heterocycles. The van der Waals surface area contributed by atoms with Crippen molar-refractivity contribution in [1.82, 2.24) is 0 Å². The molecular weight excluding hydrogens is 305 g/mol. The summed E-state index contributed by atoms with van der Waals surface area (Å²) in [4.78, 5) is -0.257. The number of hydrogen-bond donors (Lipinski definition) is 2. The number of halogens is 3. The molecule has 0 aliphatic heterocycles. The lowest BCUT2D eigenvalue weighted by Gasteiger charge is -2.13. The molecule has 0 radical (unpaired) electrons. The highest BCUT2D eigenvalue weighted by Gasteiger charge is 2.22. The fourth-order valence-corrected chi connectivity index (χ4v) is 3.09. The van der Waals surface area contributed by atoms with Crippen LogP contribution >= 0.6 is 0 Å². The van der Waals surface area contributed by atoms with E-state index in [1.54, 1.807) is 0 Å². The van der Waals surface area contributed by atoms with Crippen molar-refractivity contribution >= 4 is 21.4 Å². The SMILES string of the molecule is Cc1cc(F)ccc1S(=O)(=O)Nc1c(N)ccc(F)c1F. The minimum absolute atomic E-state index is 0.123. The van der Waals surface area contributed by atoms with Crippen LogP contribution in [-0.4, -0.2) is 8.42 Å². The van der Waals surface area contributed by atoms with Crippen LogP contribution in [0, 0.1) is 24.4 Å². The average molecular weight is 316 g/mol. The summed E-state index contributed by atoms with van der Waals surface area (Å²) >= 11 is 0. The van der Waals surface area contributed by atoms with E-state index in [0.717, 1.165) is 30.3 Å². The van der Waals surface area contributed by atoms with Crippen LogP contribution in [-0.2, 0) is 10.0 Å². The molecule has 0 bridgehead atoms. The quantitative estimate of drug-likeness (QED) is 0.855. The van der Waals surface area contributed by atoms with Crippen molar-refractivity contribution in [3.63, 3.8) is 0 Å². The zero-order valence-electron chi connectivity index (χ0n) is 10.8. The molecule has 2 aromatic carbocycles. The van der Waals surface area contributed by atoms with E-state index >= 15 is 0 Å². The van der Waals surface area contributed by atoms with Crippen LogP contribution in [0.25, 0.3) is 0 Å². The fraction of sp³-hybridized carbons (Fsp3) is 0.0769. The van der Waals surface area contributed by atoms with E-state index in [9.17, 15) is 21.6 Å². The third kappa shape index (κ3) is 2.94. The molecule has 2 rings (SSSR count). The summed E-state index contributed by atoms with van der Waals surface area (Å²) in [7, 11) is -4.23. The molecule has 0 aliphatic carbocycles. The Morgan fingerprint density at radius 3 is 2.38 bits per heavy atom. The molecule has 21 heavy (non-hydrogen) atoms. The fourth-order valence-electron chi connectivity index (χ4n) is 1.77. The van der Waals surface area contributed by atoms with Crippen LogP contribution in [0.2, 0.25) is 0 Å². The second-order valence-electron chi connectivity index (χ2n) is 4.34. The second-order valence-corrected chi connectivity index (χ2v) is 5.99. The highest BCUT2D eigenvalue weighted by Crippen LogP contribution is 2.28. The molecule has 0 saturated carbocycles. The number of nitrogen functional groups attached to an aromatic ring is 1. The van der Waals surface area contributed by atoms with Gasteiger partial charge in [0.05, 0.1) is 10.6 Å². The van der Waals surface area contributed by atoms with E-state index in [4.69, 9.17) is 5.73 Å². The summed E-state index contributed by atoms with van der Waals surface area (Å²) in [6, 6.07) is 4.81. The van der Waals surface area contributed by atoms with Gasteiger partial charge in [0.15, 0.2) is 11.6 Å². The minimum Gasteiger partial charge on any atom is -0.397 e. The Morgan fingerprint density at radius 1 is 1.10 bits per heavy atom. The number of nitrogens with one attached hydrogen (secondary N) is 1. The second kappa shape index (κ2) is 5.28. The molecule has 0 atom stereocenters. The van der Waals surface area contributed by atoms with Gasteiger partial charge in [-0.2, -0.15) is 0 Å². The van der Waals surface area contributed by atoms with Gasteiger partial charge in [-0.15, -0.1) is 0 Å². The molecule has 4 nitrogen and oxygen atoms in total. The molecule has 2 aromatic rings. The van der Waals surface area contributed by atoms with E-state index in [2.05, 4.69) is 0 Å². The lowest BCUT2D eigenvalue weighted by molar-refractivity contribution is 0.512. The van der Waals surface area contributed by atoms with Gasteiger partial charge in [0, 0.05) is 0 Å². The molecule has 0 spiro atoms. The molecular formula is C13H11F3N2O2S. The van der Waals surface area contributed by atoms with Crippen LogP contribution in [0.3, 0.4) is 0 Å². The van der Waals surface area contributed by atoms with Crippen molar-refractivity contribution in [1.29, 1.82) is 0 Å². The van der Waals surface area contributed by atoms with Gasteiger partial charge >= 0.3 is 0 Å². The summed E-state index contributed by atoms with van der Waals surface area (Å²) in [5.41, 5.74) is 4.62. The number of anilines is 2. The lowest BCUT2D eigenvalue weighted by atomic mass is 10.2. The molecule has 0 amide bonds. The van der Waals surface area contributed by atoms with E-state index in [1.807, 2.05) is 4.72 Å². The topological polar surface area (TPSA) is 72.2 Å². The highest BCUT2D eigenvalue weighted by atomic mass is 32.2. The Bertz CT molecular complexity index is 807. The molecule has 0 aliphatic rings. The average Bonchev–Trinajstić information content (AvgIpc) is 2.39. The number of nitrogens with two attached hydrogens (primary N) is 1. The molecule has 3 N–H and O–H groups in total. The van der Waals surface area contributed by atoms with Gasteiger partial charge in [0.2, 0.25) is 0 Å². The van der Waals surface area contributed by atoms with E-state index in [0.29, 0.717) is 0 Å². The van der Waals surface area contributed by atoms with E-state index in [-0.39, 0.29) is 16.1 Å². The summed E-state index contributed by atoms with van der Waals surface area (Å²) in [5.74, 6) is -3.25. The van der Waals surface area contributed by atoms with Crippen molar-refractivity contribution in [3.05, 3.63) is 53.3 Å². The maximum Gasteiger partial charge on any atom is 0.262 e. The predicted molar refractivity (Wildman–Crippen MR) is 72.7 cm³/mol. The van der Waals surface area contributed by atoms with Gasteiger partial charge in [0.25, 0.3) is 10.0 Å². The van der Waals surface area contributed by atoms with Gasteiger partial charge in [-0.1, -0.05) is 0 Å². The van der Waals surface area contributed by atoms with Gasteiger partial charge in [-0.05, 0) is 42.8 Å². The Balaban J connectivity index is 2.50. The summed E-state index contributed by atoms with van der Waals surface area (Å²) < 4.78 is 66.0. The van der Waals surface area contributed by atoms with E-state index < -0.39 is 33.2 Å². The van der Waals surface area contributed by atoms with Crippen molar-refractivity contribution < 1.29 is 21.6 Å². The van der Waals surface area contributed by atoms with Gasteiger partial charge < -0.3 is 5.73 Å². The zero-order valence-corrected chi connectivity index (χ0v) is 11.6. The number of sulfonamides is 1. The standard InChI is InChI=1S/C13H11F3N2O2S/c1-7-6-8(14)2-5-11(7)21(19,20)18-13-10(17)4-3-9(15)12(13)16/h2-6,18H,17H2,1H3. The van der Waals surface area contributed by atoms with Crippen LogP contribution in [0.1, 0.15) is 5.56 Å². The number of rotatable bonds is 3. The smallest absolute Gasteiger partial charge is 0.262 e. The number of benzene rings is 2. The maximum atomic E-state index is 13.6. The van der Waals surface area contributed by atoms with Crippen molar-refractivity contribution in [2.45, 2.75) is 11.8 Å². The Morgan fingerprint density at radius 2 is 1.76 bits per heavy atom. The first-order valence-corrected chi connectivity index (χ1v) is 7.23. The van der Waals surface area contributed by atoms with Crippen LogP contribution in [0.15, 0.2) is 35.2 Å². The van der Waals surface area contributed by atoms with Crippen LogP contribution < -0.4 is 10.5 Å². The van der Waals surface area contributed by atoms with Crippen molar-refractivity contribution in [2.24, 2.45) is 0 Å². The molecule has 0 unspecified atom stereocenters. The third-order valence-electron chi connectivity index (χ3n) is 2.79. The Labute approximate surface area is 119 Å². The monoisotopic (exact) mass is 316 g/mol. The minimum atomic E-state index is -4.23. The summed E-state index contributed by atoms with van der Waals surface area (Å²) in [5, 5.41) is 0. The molecule has 0 fully saturated rings. The first kappa shape index (κ1) is 15.2. The lowest BCUT2D eigenvalue weighted by Crippen LogP contribution is -2.17. The summed E-state index contributed by atoms with van der Waals surface area (Å²) in [6.45, 7) is 1.38. The molecule has 8 heteroatoms. The molecule has 0 aromatic heterocycles. The first-order chi connectivity index (χ1) is 9.72. The van der Waals surface area contributed by atoms with Crippen LogP contribution in [0.4, 0.5) is 24.5 Å². The Kier molecular flexibility index (Phi) is 3.82. The molecule has 0 heterocycles. The number of hydrogen-bond acceptors (Lipinski definition) is 3. The van der Waals surface area contributed by atoms with Crippen molar-refractivity contribution in [3.8, 4) is 0 Å². The predicted octanol–water partition coefficient (Wildman–Crippen LogP) is 2.80. The van der Waals surface area contributed by atoms with Gasteiger partial charge in [-0.3, -0.25) is 4.72 Å². The zero-order chi connectivity index (χ0) is 15.8. The Hall–Kier alpha value is -2.22. The summed E-state index contributed by atoms with van der Waals surface area (Å²) in [6.07, 6.45) is 0. The van der Waals surface area contributed by atoms with Gasteiger partial charge in [-0.25, -0.2) is 21.6 Å².